The standard InChI is InChI=1S/C36H50N4O5/c1-3-5-7-11-19-29(25-33(37)41)39(23-14-6-4-2)36(45)30(20-15-22-34(42)43)38-35(44)32-24-28-18-12-13-21-31(28)40(32)26-27-16-9-8-10-17-27/h8-10,12-13,16-18,21,24,29-30H,3-7,11,14-15,19-20,22-23,25-26H2,1-2H3,(H2,37,41)(H,38,44)(H,42,43)/t29-,30-/m0/s1. The van der Waals surface area contributed by atoms with Gasteiger partial charge in [0.2, 0.25) is 11.8 Å². The summed E-state index contributed by atoms with van der Waals surface area (Å²) in [5.41, 5.74) is 8.01. The molecule has 3 rings (SSSR count). The molecule has 3 amide bonds. The first-order valence-corrected chi connectivity index (χ1v) is 16.5. The number of fused-ring (bicyclic) bond motifs is 1. The third kappa shape index (κ3) is 11.1. The molecule has 0 aliphatic carbocycles. The normalized spacial score (nSPS) is 12.5. The molecule has 1 aromatic heterocycles. The number of carboxylic acid groups (broad SMARTS) is 1. The lowest BCUT2D eigenvalue weighted by molar-refractivity contribution is -0.139. The smallest absolute Gasteiger partial charge is 0.303 e. The summed E-state index contributed by atoms with van der Waals surface area (Å²) in [5.74, 6) is -2.13. The van der Waals surface area contributed by atoms with Crippen molar-refractivity contribution < 1.29 is 24.3 Å². The van der Waals surface area contributed by atoms with Crippen LogP contribution in [0.15, 0.2) is 60.7 Å². The number of unbranched alkanes of at least 4 members (excludes halogenated alkanes) is 5. The van der Waals surface area contributed by atoms with Gasteiger partial charge >= 0.3 is 5.97 Å². The minimum atomic E-state index is -0.960. The molecule has 0 unspecified atom stereocenters. The van der Waals surface area contributed by atoms with Crippen molar-refractivity contribution in [2.75, 3.05) is 6.54 Å². The van der Waals surface area contributed by atoms with E-state index in [1.807, 2.05) is 65.2 Å². The largest absolute Gasteiger partial charge is 0.481 e. The number of hydrogen-bond acceptors (Lipinski definition) is 4. The molecule has 0 aliphatic heterocycles. The van der Waals surface area contributed by atoms with E-state index in [0.717, 1.165) is 61.4 Å². The molecule has 0 spiro atoms. The van der Waals surface area contributed by atoms with Gasteiger partial charge in [0.05, 0.1) is 0 Å². The maximum atomic E-state index is 14.3. The number of nitrogens with two attached hydrogens (primary N) is 1. The Morgan fingerprint density at radius 1 is 0.867 bits per heavy atom. The Hall–Kier alpha value is -4.14. The maximum absolute atomic E-state index is 14.3. The Morgan fingerprint density at radius 2 is 1.56 bits per heavy atom. The zero-order valence-corrected chi connectivity index (χ0v) is 26.9. The summed E-state index contributed by atoms with van der Waals surface area (Å²) in [6.45, 7) is 5.13. The van der Waals surface area contributed by atoms with Crippen LogP contribution in [0.5, 0.6) is 0 Å². The van der Waals surface area contributed by atoms with Crippen LogP contribution in [0, 0.1) is 0 Å². The second-order valence-electron chi connectivity index (χ2n) is 11.9. The minimum Gasteiger partial charge on any atom is -0.481 e. The summed E-state index contributed by atoms with van der Waals surface area (Å²) in [5, 5.41) is 13.2. The van der Waals surface area contributed by atoms with Gasteiger partial charge in [-0.1, -0.05) is 101 Å². The number of carbonyl (C=O) groups excluding carboxylic acids is 3. The van der Waals surface area contributed by atoms with Crippen LogP contribution in [0.4, 0.5) is 0 Å². The van der Waals surface area contributed by atoms with E-state index in [1.165, 1.54) is 0 Å². The summed E-state index contributed by atoms with van der Waals surface area (Å²) in [6.07, 6.45) is 7.58. The van der Waals surface area contributed by atoms with Crippen molar-refractivity contribution in [3.05, 3.63) is 71.9 Å². The minimum absolute atomic E-state index is 0.0467. The number of para-hydroxylation sites is 1. The number of rotatable bonds is 21. The van der Waals surface area contributed by atoms with Crippen LogP contribution in [0.2, 0.25) is 0 Å². The van der Waals surface area contributed by atoms with E-state index >= 15 is 0 Å². The molecule has 0 saturated heterocycles. The van der Waals surface area contributed by atoms with Crippen LogP contribution < -0.4 is 11.1 Å². The molecule has 0 radical (unpaired) electrons. The highest BCUT2D eigenvalue weighted by Crippen LogP contribution is 2.23. The Labute approximate surface area is 267 Å². The Bertz CT molecular complexity index is 1390. The van der Waals surface area contributed by atoms with Gasteiger partial charge in [0.15, 0.2) is 0 Å². The van der Waals surface area contributed by atoms with Crippen LogP contribution in [0.25, 0.3) is 10.9 Å². The number of benzene rings is 2. The van der Waals surface area contributed by atoms with E-state index in [4.69, 9.17) is 5.73 Å². The first kappa shape index (κ1) is 35.3. The lowest BCUT2D eigenvalue weighted by Crippen LogP contribution is -2.53. The molecule has 2 atom stereocenters. The van der Waals surface area contributed by atoms with Gasteiger partial charge in [0.1, 0.15) is 11.7 Å². The first-order valence-electron chi connectivity index (χ1n) is 16.5. The van der Waals surface area contributed by atoms with Gasteiger partial charge in [-0.2, -0.15) is 0 Å². The van der Waals surface area contributed by atoms with Crippen LogP contribution in [-0.2, 0) is 20.9 Å². The predicted octanol–water partition coefficient (Wildman–Crippen LogP) is 6.28. The van der Waals surface area contributed by atoms with Crippen molar-refractivity contribution >= 4 is 34.6 Å². The lowest BCUT2D eigenvalue weighted by Gasteiger charge is -2.35. The van der Waals surface area contributed by atoms with E-state index in [1.54, 1.807) is 4.90 Å². The zero-order valence-electron chi connectivity index (χ0n) is 26.9. The van der Waals surface area contributed by atoms with E-state index in [0.29, 0.717) is 25.2 Å². The Balaban J connectivity index is 1.95. The molecule has 244 valence electrons. The number of nitrogens with one attached hydrogen (secondary N) is 1. The van der Waals surface area contributed by atoms with Crippen molar-refractivity contribution in [3.8, 4) is 0 Å². The maximum Gasteiger partial charge on any atom is 0.303 e. The summed E-state index contributed by atoms with van der Waals surface area (Å²) >= 11 is 0. The van der Waals surface area contributed by atoms with Crippen LogP contribution in [-0.4, -0.2) is 56.9 Å². The highest BCUT2D eigenvalue weighted by Gasteiger charge is 2.32. The summed E-state index contributed by atoms with van der Waals surface area (Å²) in [7, 11) is 0. The third-order valence-corrected chi connectivity index (χ3v) is 8.27. The summed E-state index contributed by atoms with van der Waals surface area (Å²) in [6, 6.07) is 18.1. The molecule has 0 aliphatic rings. The van der Waals surface area contributed by atoms with Gasteiger partial charge < -0.3 is 25.6 Å². The second kappa shape index (κ2) is 18.6. The van der Waals surface area contributed by atoms with Crippen LogP contribution in [0.3, 0.4) is 0 Å². The highest BCUT2D eigenvalue weighted by atomic mass is 16.4. The quantitative estimate of drug-likeness (QED) is 0.121. The van der Waals surface area contributed by atoms with Crippen molar-refractivity contribution in [3.63, 3.8) is 0 Å². The predicted molar refractivity (Wildman–Crippen MR) is 178 cm³/mol. The van der Waals surface area contributed by atoms with Crippen molar-refractivity contribution in [2.45, 2.75) is 110 Å². The lowest BCUT2D eigenvalue weighted by atomic mass is 9.99. The monoisotopic (exact) mass is 618 g/mol. The van der Waals surface area contributed by atoms with Gasteiger partial charge in [-0.05, 0) is 43.4 Å². The topological polar surface area (TPSA) is 135 Å². The van der Waals surface area contributed by atoms with E-state index in [2.05, 4.69) is 19.2 Å². The van der Waals surface area contributed by atoms with Crippen molar-refractivity contribution in [2.24, 2.45) is 5.73 Å². The van der Waals surface area contributed by atoms with E-state index < -0.39 is 23.8 Å². The number of aliphatic carboxylic acids is 1. The molecule has 9 nitrogen and oxygen atoms in total. The summed E-state index contributed by atoms with van der Waals surface area (Å²) < 4.78 is 1.95. The fraction of sp³-hybridized carbons (Fsp3) is 0.500. The average molecular weight is 619 g/mol. The van der Waals surface area contributed by atoms with E-state index in [-0.39, 0.29) is 37.6 Å². The van der Waals surface area contributed by atoms with Gasteiger partial charge in [-0.3, -0.25) is 19.2 Å². The van der Waals surface area contributed by atoms with Crippen molar-refractivity contribution in [1.82, 2.24) is 14.8 Å². The Morgan fingerprint density at radius 3 is 2.24 bits per heavy atom. The van der Waals surface area contributed by atoms with E-state index in [9.17, 15) is 24.3 Å². The van der Waals surface area contributed by atoms with Crippen LogP contribution in [0.1, 0.15) is 107 Å². The number of hydrogen-bond donors (Lipinski definition) is 3. The molecule has 9 heteroatoms. The number of carboxylic acids is 1. The molecule has 4 N–H and O–H groups in total. The van der Waals surface area contributed by atoms with Crippen LogP contribution >= 0.6 is 0 Å². The first-order chi connectivity index (χ1) is 21.7. The average Bonchev–Trinajstić information content (AvgIpc) is 3.38. The fourth-order valence-electron chi connectivity index (χ4n) is 5.89. The molecule has 0 saturated carbocycles. The van der Waals surface area contributed by atoms with Gasteiger partial charge in [0.25, 0.3) is 5.91 Å². The van der Waals surface area contributed by atoms with Crippen molar-refractivity contribution in [1.29, 1.82) is 0 Å². The number of carbonyl (C=O) groups is 4. The summed E-state index contributed by atoms with van der Waals surface area (Å²) in [4.78, 5) is 53.6. The number of nitrogens with zero attached hydrogens (tertiary/aromatic N) is 2. The number of amides is 3. The number of aromatic nitrogens is 1. The highest BCUT2D eigenvalue weighted by molar-refractivity contribution is 6.01. The fourth-order valence-corrected chi connectivity index (χ4v) is 5.89. The zero-order chi connectivity index (χ0) is 32.6. The molecular formula is C36H50N4O5. The Kier molecular flexibility index (Phi) is 14.6. The second-order valence-corrected chi connectivity index (χ2v) is 11.9. The molecule has 3 aromatic rings. The van der Waals surface area contributed by atoms with Gasteiger partial charge in [0, 0.05) is 42.9 Å². The van der Waals surface area contributed by atoms with Gasteiger partial charge in [-0.15, -0.1) is 0 Å². The van der Waals surface area contributed by atoms with Gasteiger partial charge in [-0.25, -0.2) is 0 Å². The molecule has 2 aromatic carbocycles. The number of primary amides is 1. The molecule has 1 heterocycles. The molecular weight excluding hydrogens is 568 g/mol. The molecule has 0 fully saturated rings. The third-order valence-electron chi connectivity index (χ3n) is 8.27. The molecule has 45 heavy (non-hydrogen) atoms. The molecule has 0 bridgehead atoms. The SMILES string of the molecule is CCCCCC[C@@H](CC(N)=O)N(CCCCC)C(=O)[C@H](CCCC(=O)O)NC(=O)c1cc2ccccc2n1Cc1ccccc1.